The van der Waals surface area contributed by atoms with Crippen LogP contribution in [0.15, 0.2) is 29.6 Å². The molecule has 0 radical (unpaired) electrons. The number of Topliss-reactive ketones (excluding diaryl/α,β-unsaturated/α-hetero) is 1. The zero-order valence-electron chi connectivity index (χ0n) is 6.48. The number of ketones is 1. The Labute approximate surface area is 69.1 Å². The van der Waals surface area contributed by atoms with Gasteiger partial charge in [-0.3, -0.25) is 4.79 Å². The van der Waals surface area contributed by atoms with Crippen molar-refractivity contribution >= 4 is 5.78 Å². The van der Waals surface area contributed by atoms with E-state index in [0.29, 0.717) is 11.3 Å². The van der Waals surface area contributed by atoms with Crippen molar-refractivity contribution in [3.8, 4) is 5.75 Å². The van der Waals surface area contributed by atoms with Crippen LogP contribution in [0.1, 0.15) is 17.3 Å². The maximum atomic E-state index is 10.8. The maximum Gasteiger partial charge on any atom is 0.161 e. The van der Waals surface area contributed by atoms with E-state index in [0.717, 1.165) is 0 Å². The molecule has 0 aliphatic rings. The molecular weight excluding hydrogens is 158 g/mol. The van der Waals surface area contributed by atoms with E-state index in [9.17, 15) is 9.70 Å². The normalized spacial score (nSPS) is 9.08. The SMILES string of the molecule is CC(=O)c1ccc(ON=O)cc1. The van der Waals surface area contributed by atoms with Crippen molar-refractivity contribution in [1.82, 2.24) is 0 Å². The van der Waals surface area contributed by atoms with Crippen molar-refractivity contribution in [2.75, 3.05) is 0 Å². The van der Waals surface area contributed by atoms with Gasteiger partial charge in [0, 0.05) is 5.56 Å². The molecule has 4 heteroatoms. The first-order chi connectivity index (χ1) is 5.74. The van der Waals surface area contributed by atoms with Gasteiger partial charge in [0.05, 0.1) is 0 Å². The minimum Gasteiger partial charge on any atom is -0.324 e. The molecule has 0 fully saturated rings. The summed E-state index contributed by atoms with van der Waals surface area (Å²) in [4.78, 5) is 24.7. The van der Waals surface area contributed by atoms with Crippen molar-refractivity contribution in [1.29, 1.82) is 0 Å². The van der Waals surface area contributed by atoms with Crippen molar-refractivity contribution in [2.24, 2.45) is 5.34 Å². The van der Waals surface area contributed by atoms with Gasteiger partial charge in [-0.2, -0.15) is 0 Å². The van der Waals surface area contributed by atoms with E-state index >= 15 is 0 Å². The molecule has 0 unspecified atom stereocenters. The van der Waals surface area contributed by atoms with E-state index in [2.05, 4.69) is 10.2 Å². The summed E-state index contributed by atoms with van der Waals surface area (Å²) in [6, 6.07) is 6.17. The first-order valence-electron chi connectivity index (χ1n) is 3.34. The number of carbonyl (C=O) groups is 1. The fourth-order valence-corrected chi connectivity index (χ4v) is 0.794. The van der Waals surface area contributed by atoms with Crippen LogP contribution in [0.25, 0.3) is 0 Å². The minimum atomic E-state index is -0.0272. The molecule has 0 saturated heterocycles. The lowest BCUT2D eigenvalue weighted by atomic mass is 10.1. The average Bonchev–Trinajstić information content (AvgIpc) is 2.06. The zero-order chi connectivity index (χ0) is 8.97. The molecule has 0 aromatic heterocycles. The van der Waals surface area contributed by atoms with E-state index in [4.69, 9.17) is 0 Å². The van der Waals surface area contributed by atoms with Crippen LogP contribution in [0.5, 0.6) is 5.75 Å². The molecule has 1 rings (SSSR count). The van der Waals surface area contributed by atoms with Gasteiger partial charge in [0.25, 0.3) is 0 Å². The smallest absolute Gasteiger partial charge is 0.161 e. The van der Waals surface area contributed by atoms with Gasteiger partial charge in [-0.1, -0.05) is 0 Å². The highest BCUT2D eigenvalue weighted by Crippen LogP contribution is 2.12. The molecule has 1 aromatic carbocycles. The molecule has 12 heavy (non-hydrogen) atoms. The van der Waals surface area contributed by atoms with Gasteiger partial charge in [-0.15, -0.1) is 4.91 Å². The standard InChI is InChI=1S/C8H7NO3/c1-6(10)7-2-4-8(5-3-7)12-9-11/h2-5H,1H3. The summed E-state index contributed by atoms with van der Waals surface area (Å²) in [6.07, 6.45) is 0. The predicted octanol–water partition coefficient (Wildman–Crippen LogP) is 1.95. The number of nitrogens with zero attached hydrogens (tertiary/aromatic N) is 1. The molecule has 1 aromatic rings. The van der Waals surface area contributed by atoms with Crippen LogP contribution in [0.2, 0.25) is 0 Å². The van der Waals surface area contributed by atoms with Crippen molar-refractivity contribution in [2.45, 2.75) is 6.92 Å². The van der Waals surface area contributed by atoms with Crippen LogP contribution in [-0.2, 0) is 0 Å². The Morgan fingerprint density at radius 2 is 1.92 bits per heavy atom. The molecule has 0 heterocycles. The monoisotopic (exact) mass is 165 g/mol. The van der Waals surface area contributed by atoms with Crippen LogP contribution in [0.4, 0.5) is 0 Å². The van der Waals surface area contributed by atoms with Gasteiger partial charge in [0.1, 0.15) is 0 Å². The number of hydrogen-bond donors (Lipinski definition) is 0. The zero-order valence-corrected chi connectivity index (χ0v) is 6.48. The van der Waals surface area contributed by atoms with Gasteiger partial charge in [0.2, 0.25) is 0 Å². The van der Waals surface area contributed by atoms with Crippen LogP contribution < -0.4 is 4.84 Å². The first kappa shape index (κ1) is 8.39. The van der Waals surface area contributed by atoms with E-state index in [1.54, 1.807) is 12.1 Å². The topological polar surface area (TPSA) is 55.7 Å². The van der Waals surface area contributed by atoms with Gasteiger partial charge < -0.3 is 4.84 Å². The molecule has 62 valence electrons. The van der Waals surface area contributed by atoms with Crippen LogP contribution in [0.3, 0.4) is 0 Å². The highest BCUT2D eigenvalue weighted by Gasteiger charge is 1.98. The molecule has 0 spiro atoms. The lowest BCUT2D eigenvalue weighted by Crippen LogP contribution is -1.90. The summed E-state index contributed by atoms with van der Waals surface area (Å²) >= 11 is 0. The highest BCUT2D eigenvalue weighted by molar-refractivity contribution is 5.94. The lowest BCUT2D eigenvalue weighted by Gasteiger charge is -1.95. The summed E-state index contributed by atoms with van der Waals surface area (Å²) in [5.41, 5.74) is 0.577. The second-order valence-electron chi connectivity index (χ2n) is 2.25. The largest absolute Gasteiger partial charge is 0.324 e. The Morgan fingerprint density at radius 3 is 2.33 bits per heavy atom. The molecule has 4 nitrogen and oxygen atoms in total. The summed E-state index contributed by atoms with van der Waals surface area (Å²) in [5, 5.41) is 2.25. The van der Waals surface area contributed by atoms with E-state index in [-0.39, 0.29) is 5.78 Å². The Balaban J connectivity index is 2.85. The minimum absolute atomic E-state index is 0.0272. The Kier molecular flexibility index (Phi) is 2.53. The highest BCUT2D eigenvalue weighted by atomic mass is 16.7. The quantitative estimate of drug-likeness (QED) is 0.390. The summed E-state index contributed by atoms with van der Waals surface area (Å²) in [5.74, 6) is 0.301. The Hall–Kier alpha value is -1.71. The molecule has 0 bridgehead atoms. The third kappa shape index (κ3) is 1.88. The number of benzene rings is 1. The molecule has 0 aliphatic carbocycles. The van der Waals surface area contributed by atoms with E-state index in [1.807, 2.05) is 0 Å². The van der Waals surface area contributed by atoms with Crippen molar-refractivity contribution in [3.63, 3.8) is 0 Å². The van der Waals surface area contributed by atoms with Crippen LogP contribution in [0, 0.1) is 4.91 Å². The third-order valence-electron chi connectivity index (χ3n) is 1.40. The predicted molar refractivity (Wildman–Crippen MR) is 42.9 cm³/mol. The third-order valence-corrected chi connectivity index (χ3v) is 1.40. The molecular formula is C8H7NO3. The second kappa shape index (κ2) is 3.61. The van der Waals surface area contributed by atoms with Crippen molar-refractivity contribution < 1.29 is 9.63 Å². The van der Waals surface area contributed by atoms with E-state index in [1.165, 1.54) is 19.1 Å². The fourth-order valence-electron chi connectivity index (χ4n) is 0.794. The van der Waals surface area contributed by atoms with Gasteiger partial charge in [-0.25, -0.2) is 0 Å². The van der Waals surface area contributed by atoms with Gasteiger partial charge in [-0.05, 0) is 31.2 Å². The first-order valence-corrected chi connectivity index (χ1v) is 3.34. The molecule has 0 N–H and O–H groups in total. The number of hydrogen-bond acceptors (Lipinski definition) is 4. The Morgan fingerprint density at radius 1 is 1.33 bits per heavy atom. The van der Waals surface area contributed by atoms with Gasteiger partial charge in [0.15, 0.2) is 16.9 Å². The molecule has 0 aliphatic heterocycles. The Bertz CT molecular complexity index is 292. The van der Waals surface area contributed by atoms with Crippen LogP contribution >= 0.6 is 0 Å². The molecule has 0 atom stereocenters. The summed E-state index contributed by atoms with van der Waals surface area (Å²) in [7, 11) is 0. The van der Waals surface area contributed by atoms with Crippen LogP contribution in [-0.4, -0.2) is 5.78 Å². The van der Waals surface area contributed by atoms with Gasteiger partial charge >= 0.3 is 0 Å². The molecule has 0 saturated carbocycles. The molecule has 0 amide bonds. The fraction of sp³-hybridized carbons (Fsp3) is 0.125. The summed E-state index contributed by atoms with van der Waals surface area (Å²) < 4.78 is 0. The van der Waals surface area contributed by atoms with Crippen molar-refractivity contribution in [3.05, 3.63) is 34.7 Å². The average molecular weight is 165 g/mol. The van der Waals surface area contributed by atoms with E-state index < -0.39 is 0 Å². The number of carbonyl (C=O) groups excluding carboxylic acids is 1. The lowest BCUT2D eigenvalue weighted by molar-refractivity contribution is 0.101. The second-order valence-corrected chi connectivity index (χ2v) is 2.25. The summed E-state index contributed by atoms with van der Waals surface area (Å²) in [6.45, 7) is 1.47. The number of rotatable bonds is 3. The maximum absolute atomic E-state index is 10.8.